The van der Waals surface area contributed by atoms with Crippen LogP contribution in [0.15, 0.2) is 4.99 Å². The molecule has 0 saturated carbocycles. The van der Waals surface area contributed by atoms with Crippen molar-refractivity contribution >= 4 is 17.7 Å². The number of rotatable bonds is 3. The molecular formula is C15H31N5S. The van der Waals surface area contributed by atoms with Crippen LogP contribution < -0.4 is 5.32 Å². The Kier molecular flexibility index (Phi) is 6.64. The Morgan fingerprint density at radius 2 is 2.05 bits per heavy atom. The molecule has 0 aromatic carbocycles. The highest BCUT2D eigenvalue weighted by Crippen LogP contribution is 2.21. The van der Waals surface area contributed by atoms with Crippen molar-refractivity contribution in [1.29, 1.82) is 0 Å². The lowest BCUT2D eigenvalue weighted by Crippen LogP contribution is -2.56. The minimum Gasteiger partial charge on any atom is -0.355 e. The fourth-order valence-corrected chi connectivity index (χ4v) is 4.20. The van der Waals surface area contributed by atoms with Gasteiger partial charge >= 0.3 is 0 Å². The summed E-state index contributed by atoms with van der Waals surface area (Å²) in [6, 6.07) is 0.571. The van der Waals surface area contributed by atoms with E-state index in [1.165, 1.54) is 18.7 Å². The molecular weight excluding hydrogens is 282 g/mol. The van der Waals surface area contributed by atoms with E-state index >= 15 is 0 Å². The Bertz CT molecular complexity index is 349. The second kappa shape index (κ2) is 8.25. The Morgan fingerprint density at radius 1 is 1.24 bits per heavy atom. The van der Waals surface area contributed by atoms with Crippen LogP contribution in [0.4, 0.5) is 0 Å². The number of nitrogens with zero attached hydrogens (tertiary/aromatic N) is 4. The van der Waals surface area contributed by atoms with Gasteiger partial charge in [-0.25, -0.2) is 0 Å². The van der Waals surface area contributed by atoms with Gasteiger partial charge in [0.25, 0.3) is 0 Å². The second-order valence-electron chi connectivity index (χ2n) is 6.17. The molecule has 2 aliphatic heterocycles. The third kappa shape index (κ3) is 4.76. The van der Waals surface area contributed by atoms with Crippen molar-refractivity contribution in [2.45, 2.75) is 24.6 Å². The first-order valence-corrected chi connectivity index (χ1v) is 9.14. The Balaban J connectivity index is 1.84. The van der Waals surface area contributed by atoms with Crippen molar-refractivity contribution in [3.8, 4) is 0 Å². The number of aliphatic imine (C=N–C) groups is 1. The highest BCUT2D eigenvalue weighted by atomic mass is 32.2. The lowest BCUT2D eigenvalue weighted by molar-refractivity contribution is 0.116. The number of nitrogens with one attached hydrogen (secondary N) is 1. The molecule has 2 atom stereocenters. The quantitative estimate of drug-likeness (QED) is 0.611. The fraction of sp³-hybridized carbons (Fsp3) is 0.933. The summed E-state index contributed by atoms with van der Waals surface area (Å²) in [5, 5.41) is 4.35. The summed E-state index contributed by atoms with van der Waals surface area (Å²) < 4.78 is 0. The summed E-state index contributed by atoms with van der Waals surface area (Å²) in [6.45, 7) is 8.96. The predicted octanol–water partition coefficient (Wildman–Crippen LogP) is 0.635. The highest BCUT2D eigenvalue weighted by molar-refractivity contribution is 8.00. The summed E-state index contributed by atoms with van der Waals surface area (Å²) in [4.78, 5) is 11.8. The van der Waals surface area contributed by atoms with Crippen LogP contribution in [0.5, 0.6) is 0 Å². The standard InChI is InChI=1S/C15H31N5S/c1-5-14-12-20(8-9-21-14)15(16-2)17-10-13-11-18(3)6-7-19(13)4/h13-14H,5-12H2,1-4H3,(H,16,17). The van der Waals surface area contributed by atoms with Gasteiger partial charge in [-0.2, -0.15) is 11.8 Å². The van der Waals surface area contributed by atoms with E-state index in [1.807, 2.05) is 7.05 Å². The maximum atomic E-state index is 4.50. The molecule has 122 valence electrons. The molecule has 0 amide bonds. The van der Waals surface area contributed by atoms with Gasteiger partial charge in [0.2, 0.25) is 0 Å². The van der Waals surface area contributed by atoms with Gasteiger partial charge in [-0.1, -0.05) is 6.92 Å². The molecule has 1 N–H and O–H groups in total. The molecule has 2 aliphatic rings. The molecule has 0 bridgehead atoms. The zero-order chi connectivity index (χ0) is 15.2. The maximum absolute atomic E-state index is 4.50. The van der Waals surface area contributed by atoms with Crippen LogP contribution >= 0.6 is 11.8 Å². The van der Waals surface area contributed by atoms with Crippen LogP contribution in [0.2, 0.25) is 0 Å². The third-order valence-electron chi connectivity index (χ3n) is 4.58. The molecule has 0 spiro atoms. The summed E-state index contributed by atoms with van der Waals surface area (Å²) >= 11 is 2.10. The first-order chi connectivity index (χ1) is 10.1. The van der Waals surface area contributed by atoms with Crippen LogP contribution in [-0.4, -0.2) is 98.1 Å². The van der Waals surface area contributed by atoms with E-state index in [1.54, 1.807) is 0 Å². The Hall–Kier alpha value is -0.460. The fourth-order valence-electron chi connectivity index (χ4n) is 3.02. The molecule has 2 fully saturated rings. The van der Waals surface area contributed by atoms with E-state index in [9.17, 15) is 0 Å². The van der Waals surface area contributed by atoms with E-state index in [4.69, 9.17) is 0 Å². The molecule has 5 nitrogen and oxygen atoms in total. The largest absolute Gasteiger partial charge is 0.355 e. The van der Waals surface area contributed by atoms with Gasteiger partial charge in [0.1, 0.15) is 0 Å². The molecule has 2 rings (SSSR count). The van der Waals surface area contributed by atoms with Gasteiger partial charge in [0.05, 0.1) is 0 Å². The molecule has 2 saturated heterocycles. The molecule has 0 aromatic rings. The molecule has 2 unspecified atom stereocenters. The number of hydrogen-bond donors (Lipinski definition) is 1. The Labute approximate surface area is 134 Å². The highest BCUT2D eigenvalue weighted by Gasteiger charge is 2.25. The van der Waals surface area contributed by atoms with Crippen LogP contribution in [-0.2, 0) is 0 Å². The number of piperazine rings is 1. The van der Waals surface area contributed by atoms with Crippen molar-refractivity contribution in [2.24, 2.45) is 4.99 Å². The molecule has 2 heterocycles. The van der Waals surface area contributed by atoms with Crippen molar-refractivity contribution in [3.63, 3.8) is 0 Å². The zero-order valence-electron chi connectivity index (χ0n) is 14.0. The van der Waals surface area contributed by atoms with Crippen LogP contribution in [0.3, 0.4) is 0 Å². The minimum atomic E-state index is 0.571. The zero-order valence-corrected chi connectivity index (χ0v) is 14.8. The summed E-state index contributed by atoms with van der Waals surface area (Å²) in [5.74, 6) is 2.29. The first-order valence-electron chi connectivity index (χ1n) is 8.10. The van der Waals surface area contributed by atoms with Crippen LogP contribution in [0.25, 0.3) is 0 Å². The average molecular weight is 314 g/mol. The molecule has 21 heavy (non-hydrogen) atoms. The Morgan fingerprint density at radius 3 is 2.76 bits per heavy atom. The van der Waals surface area contributed by atoms with E-state index in [-0.39, 0.29) is 0 Å². The normalized spacial score (nSPS) is 29.7. The van der Waals surface area contributed by atoms with Crippen molar-refractivity contribution < 1.29 is 0 Å². The van der Waals surface area contributed by atoms with Gasteiger partial charge in [-0.05, 0) is 20.5 Å². The third-order valence-corrected chi connectivity index (χ3v) is 5.95. The molecule has 0 aliphatic carbocycles. The SMILES string of the molecule is CCC1CN(C(=NC)NCC2CN(C)CCN2C)CCS1. The van der Waals surface area contributed by atoms with E-state index in [2.05, 4.69) is 57.8 Å². The minimum absolute atomic E-state index is 0.571. The van der Waals surface area contributed by atoms with Gasteiger partial charge in [-0.15, -0.1) is 0 Å². The van der Waals surface area contributed by atoms with Crippen molar-refractivity contribution in [3.05, 3.63) is 0 Å². The summed E-state index contributed by atoms with van der Waals surface area (Å²) in [7, 11) is 6.34. The van der Waals surface area contributed by atoms with E-state index in [0.29, 0.717) is 6.04 Å². The number of likely N-dealkylation sites (N-methyl/N-ethyl adjacent to an activating group) is 2. The lowest BCUT2D eigenvalue weighted by atomic mass is 10.2. The lowest BCUT2D eigenvalue weighted by Gasteiger charge is -2.39. The maximum Gasteiger partial charge on any atom is 0.193 e. The molecule has 0 aromatic heterocycles. The predicted molar refractivity (Wildman–Crippen MR) is 93.4 cm³/mol. The van der Waals surface area contributed by atoms with Gasteiger partial charge < -0.3 is 15.1 Å². The number of thioether (sulfide) groups is 1. The molecule has 6 heteroatoms. The monoisotopic (exact) mass is 313 g/mol. The first kappa shape index (κ1) is 16.9. The molecule has 0 radical (unpaired) electrons. The smallest absolute Gasteiger partial charge is 0.193 e. The number of hydrogen-bond acceptors (Lipinski definition) is 4. The van der Waals surface area contributed by atoms with E-state index < -0.39 is 0 Å². The summed E-state index contributed by atoms with van der Waals surface area (Å²) in [6.07, 6.45) is 1.24. The topological polar surface area (TPSA) is 34.1 Å². The van der Waals surface area contributed by atoms with Gasteiger partial charge in [0.15, 0.2) is 5.96 Å². The van der Waals surface area contributed by atoms with Gasteiger partial charge in [-0.3, -0.25) is 9.89 Å². The van der Waals surface area contributed by atoms with Crippen molar-refractivity contribution in [2.75, 3.05) is 66.2 Å². The van der Waals surface area contributed by atoms with Gasteiger partial charge in [0, 0.05) is 63.4 Å². The van der Waals surface area contributed by atoms with Crippen LogP contribution in [0, 0.1) is 0 Å². The summed E-state index contributed by atoms with van der Waals surface area (Å²) in [5.41, 5.74) is 0. The number of guanidine groups is 1. The van der Waals surface area contributed by atoms with Crippen molar-refractivity contribution in [1.82, 2.24) is 20.0 Å². The van der Waals surface area contributed by atoms with Crippen LogP contribution in [0.1, 0.15) is 13.3 Å². The van der Waals surface area contributed by atoms with E-state index in [0.717, 1.165) is 43.9 Å². The second-order valence-corrected chi connectivity index (χ2v) is 7.58. The average Bonchev–Trinajstić information content (AvgIpc) is 2.51.